The molecule has 1 unspecified atom stereocenters. The van der Waals surface area contributed by atoms with Crippen LogP contribution in [0.1, 0.15) is 25.3 Å². The van der Waals surface area contributed by atoms with Gasteiger partial charge in [-0.3, -0.25) is 4.90 Å². The zero-order valence-electron chi connectivity index (χ0n) is 12.1. The van der Waals surface area contributed by atoms with Crippen LogP contribution in [-0.2, 0) is 6.54 Å². The van der Waals surface area contributed by atoms with Gasteiger partial charge in [0, 0.05) is 6.54 Å². The molecule has 2 aromatic rings. The third kappa shape index (κ3) is 2.87. The van der Waals surface area contributed by atoms with Gasteiger partial charge in [-0.15, -0.1) is 0 Å². The van der Waals surface area contributed by atoms with Crippen LogP contribution in [-0.4, -0.2) is 29.2 Å². The molecule has 1 saturated heterocycles. The van der Waals surface area contributed by atoms with Crippen molar-refractivity contribution in [3.05, 3.63) is 48.0 Å². The first-order chi connectivity index (χ1) is 9.74. The van der Waals surface area contributed by atoms with Crippen LogP contribution >= 0.6 is 0 Å². The van der Waals surface area contributed by atoms with E-state index in [9.17, 15) is 5.11 Å². The summed E-state index contributed by atoms with van der Waals surface area (Å²) in [4.78, 5) is 2.51. The Labute approximate surface area is 121 Å². The summed E-state index contributed by atoms with van der Waals surface area (Å²) in [5, 5.41) is 12.4. The lowest BCUT2D eigenvalue weighted by Crippen LogP contribution is -2.36. The molecule has 2 aromatic carbocycles. The Morgan fingerprint density at radius 1 is 1.10 bits per heavy atom. The van der Waals surface area contributed by atoms with E-state index in [0.717, 1.165) is 32.5 Å². The number of hydrogen-bond acceptors (Lipinski definition) is 2. The summed E-state index contributed by atoms with van der Waals surface area (Å²) in [7, 11) is 0. The average molecular weight is 269 g/mol. The van der Waals surface area contributed by atoms with Crippen LogP contribution in [0.5, 0.6) is 0 Å². The molecule has 1 aliphatic heterocycles. The number of hydrogen-bond donors (Lipinski definition) is 1. The number of rotatable bonds is 3. The highest BCUT2D eigenvalue weighted by Crippen LogP contribution is 2.24. The summed E-state index contributed by atoms with van der Waals surface area (Å²) >= 11 is 0. The van der Waals surface area contributed by atoms with Gasteiger partial charge in [0.1, 0.15) is 0 Å². The zero-order valence-corrected chi connectivity index (χ0v) is 12.1. The van der Waals surface area contributed by atoms with E-state index in [1.165, 1.54) is 16.3 Å². The Bertz CT molecular complexity index is 565. The standard InChI is InChI=1S/C18H23NO/c1-14(20)15-9-11-19(12-10-15)13-17-7-4-6-16-5-2-3-8-18(16)17/h2-8,14-15,20H,9-13H2,1H3. The van der Waals surface area contributed by atoms with Crippen molar-refractivity contribution in [3.63, 3.8) is 0 Å². The number of aliphatic hydroxyl groups excluding tert-OH is 1. The SMILES string of the molecule is CC(O)C1CCN(Cc2cccc3ccccc23)CC1. The molecule has 1 atom stereocenters. The van der Waals surface area contributed by atoms with E-state index in [2.05, 4.69) is 47.4 Å². The van der Waals surface area contributed by atoms with Crippen LogP contribution in [0.15, 0.2) is 42.5 Å². The van der Waals surface area contributed by atoms with Gasteiger partial charge in [-0.25, -0.2) is 0 Å². The van der Waals surface area contributed by atoms with Gasteiger partial charge in [0.05, 0.1) is 6.10 Å². The Morgan fingerprint density at radius 2 is 1.80 bits per heavy atom. The van der Waals surface area contributed by atoms with Gasteiger partial charge >= 0.3 is 0 Å². The van der Waals surface area contributed by atoms with Gasteiger partial charge in [0.2, 0.25) is 0 Å². The second kappa shape index (κ2) is 5.94. The van der Waals surface area contributed by atoms with E-state index in [1.54, 1.807) is 0 Å². The van der Waals surface area contributed by atoms with Crippen molar-refractivity contribution >= 4 is 10.8 Å². The van der Waals surface area contributed by atoms with Gasteiger partial charge in [0.15, 0.2) is 0 Å². The highest BCUT2D eigenvalue weighted by atomic mass is 16.3. The molecule has 0 aromatic heterocycles. The summed E-state index contributed by atoms with van der Waals surface area (Å²) in [5.74, 6) is 0.485. The maximum atomic E-state index is 9.68. The molecule has 0 bridgehead atoms. The van der Waals surface area contributed by atoms with Crippen molar-refractivity contribution in [2.45, 2.75) is 32.4 Å². The van der Waals surface area contributed by atoms with E-state index in [0.29, 0.717) is 5.92 Å². The van der Waals surface area contributed by atoms with Crippen LogP contribution in [0.3, 0.4) is 0 Å². The third-order valence-corrected chi connectivity index (χ3v) is 4.59. The maximum absolute atomic E-state index is 9.68. The van der Waals surface area contributed by atoms with E-state index in [4.69, 9.17) is 0 Å². The van der Waals surface area contributed by atoms with Crippen molar-refractivity contribution < 1.29 is 5.11 Å². The fourth-order valence-corrected chi connectivity index (χ4v) is 3.26. The fourth-order valence-electron chi connectivity index (χ4n) is 3.26. The number of nitrogens with zero attached hydrogens (tertiary/aromatic N) is 1. The van der Waals surface area contributed by atoms with Crippen molar-refractivity contribution in [1.29, 1.82) is 0 Å². The molecule has 1 heterocycles. The number of fused-ring (bicyclic) bond motifs is 1. The molecular formula is C18H23NO. The van der Waals surface area contributed by atoms with Gasteiger partial charge < -0.3 is 5.11 Å². The third-order valence-electron chi connectivity index (χ3n) is 4.59. The van der Waals surface area contributed by atoms with Crippen LogP contribution in [0.25, 0.3) is 10.8 Å². The molecule has 0 amide bonds. The summed E-state index contributed by atoms with van der Waals surface area (Å²) in [5.41, 5.74) is 1.42. The molecule has 106 valence electrons. The summed E-state index contributed by atoms with van der Waals surface area (Å²) < 4.78 is 0. The first-order valence-corrected chi connectivity index (χ1v) is 7.61. The Hall–Kier alpha value is -1.38. The minimum absolute atomic E-state index is 0.158. The summed E-state index contributed by atoms with van der Waals surface area (Å²) in [6.07, 6.45) is 2.07. The molecular weight excluding hydrogens is 246 g/mol. The molecule has 1 aliphatic rings. The second-order valence-electron chi connectivity index (χ2n) is 5.99. The van der Waals surface area contributed by atoms with Crippen LogP contribution in [0.2, 0.25) is 0 Å². The smallest absolute Gasteiger partial charge is 0.0541 e. The zero-order chi connectivity index (χ0) is 13.9. The molecule has 0 aliphatic carbocycles. The van der Waals surface area contributed by atoms with Crippen molar-refractivity contribution in [2.75, 3.05) is 13.1 Å². The topological polar surface area (TPSA) is 23.5 Å². The van der Waals surface area contributed by atoms with Gasteiger partial charge in [-0.05, 0) is 55.1 Å². The molecule has 3 rings (SSSR count). The minimum Gasteiger partial charge on any atom is -0.393 e. The van der Waals surface area contributed by atoms with E-state index in [1.807, 2.05) is 6.92 Å². The van der Waals surface area contributed by atoms with E-state index >= 15 is 0 Å². The number of aliphatic hydroxyl groups is 1. The van der Waals surface area contributed by atoms with Crippen LogP contribution < -0.4 is 0 Å². The molecule has 1 fully saturated rings. The Kier molecular flexibility index (Phi) is 4.04. The fraction of sp³-hybridized carbons (Fsp3) is 0.444. The van der Waals surface area contributed by atoms with Gasteiger partial charge in [-0.1, -0.05) is 42.5 Å². The monoisotopic (exact) mass is 269 g/mol. The maximum Gasteiger partial charge on any atom is 0.0541 e. The van der Waals surface area contributed by atoms with Gasteiger partial charge in [0.25, 0.3) is 0 Å². The average Bonchev–Trinajstić information content (AvgIpc) is 2.48. The summed E-state index contributed by atoms with van der Waals surface area (Å²) in [6.45, 7) is 5.14. The molecule has 20 heavy (non-hydrogen) atoms. The highest BCUT2D eigenvalue weighted by molar-refractivity contribution is 5.85. The van der Waals surface area contributed by atoms with E-state index < -0.39 is 0 Å². The van der Waals surface area contributed by atoms with E-state index in [-0.39, 0.29) is 6.10 Å². The number of piperidine rings is 1. The number of likely N-dealkylation sites (tertiary alicyclic amines) is 1. The Morgan fingerprint density at radius 3 is 2.55 bits per heavy atom. The van der Waals surface area contributed by atoms with Crippen LogP contribution in [0, 0.1) is 5.92 Å². The first-order valence-electron chi connectivity index (χ1n) is 7.61. The summed E-state index contributed by atoms with van der Waals surface area (Å²) in [6, 6.07) is 15.2. The van der Waals surface area contributed by atoms with Crippen molar-refractivity contribution in [3.8, 4) is 0 Å². The molecule has 2 heteroatoms. The molecule has 0 spiro atoms. The molecule has 2 nitrogen and oxygen atoms in total. The second-order valence-corrected chi connectivity index (χ2v) is 5.99. The normalized spacial score (nSPS) is 19.3. The molecule has 0 radical (unpaired) electrons. The predicted octanol–water partition coefficient (Wildman–Crippen LogP) is 3.43. The molecule has 0 saturated carbocycles. The first kappa shape index (κ1) is 13.6. The quantitative estimate of drug-likeness (QED) is 0.922. The highest BCUT2D eigenvalue weighted by Gasteiger charge is 2.22. The Balaban J connectivity index is 1.72. The lowest BCUT2D eigenvalue weighted by Gasteiger charge is -2.33. The van der Waals surface area contributed by atoms with Crippen LogP contribution in [0.4, 0.5) is 0 Å². The molecule has 1 N–H and O–H groups in total. The number of benzene rings is 2. The van der Waals surface area contributed by atoms with Crippen molar-refractivity contribution in [1.82, 2.24) is 4.90 Å². The minimum atomic E-state index is -0.158. The van der Waals surface area contributed by atoms with Gasteiger partial charge in [-0.2, -0.15) is 0 Å². The largest absolute Gasteiger partial charge is 0.393 e. The van der Waals surface area contributed by atoms with Crippen molar-refractivity contribution in [2.24, 2.45) is 5.92 Å². The lowest BCUT2D eigenvalue weighted by atomic mass is 9.92. The lowest BCUT2D eigenvalue weighted by molar-refractivity contribution is 0.0697. The predicted molar refractivity (Wildman–Crippen MR) is 83.6 cm³/mol.